The topological polar surface area (TPSA) is 80.4 Å². The average Bonchev–Trinajstić information content (AvgIpc) is 2.79. The van der Waals surface area contributed by atoms with Crippen LogP contribution in [0.5, 0.6) is 0 Å². The van der Waals surface area contributed by atoms with Crippen LogP contribution in [0.25, 0.3) is 0 Å². The van der Waals surface area contributed by atoms with Gasteiger partial charge < -0.3 is 5.11 Å². The maximum atomic E-state index is 10.9. The van der Waals surface area contributed by atoms with Crippen molar-refractivity contribution < 1.29 is 9.90 Å². The van der Waals surface area contributed by atoms with Gasteiger partial charge in [-0.05, 0) is 6.07 Å². The second-order valence-corrected chi connectivity index (χ2v) is 2.98. The molecule has 0 aliphatic carbocycles. The van der Waals surface area contributed by atoms with Crippen LogP contribution in [0.2, 0.25) is 0 Å². The monoisotopic (exact) mass is 216 g/mol. The van der Waals surface area contributed by atoms with E-state index >= 15 is 0 Å². The molecule has 0 saturated carbocycles. The summed E-state index contributed by atoms with van der Waals surface area (Å²) in [7, 11) is 0. The van der Waals surface area contributed by atoms with E-state index < -0.39 is 5.97 Å². The van der Waals surface area contributed by atoms with Crippen molar-refractivity contribution >= 4 is 12.2 Å². The first-order chi connectivity index (χ1) is 7.77. The molecule has 16 heavy (non-hydrogen) atoms. The van der Waals surface area contributed by atoms with Crippen molar-refractivity contribution in [3.05, 3.63) is 48.0 Å². The van der Waals surface area contributed by atoms with E-state index in [0.29, 0.717) is 5.56 Å². The van der Waals surface area contributed by atoms with Gasteiger partial charge in [0.1, 0.15) is 12.7 Å². The first-order valence-electron chi connectivity index (χ1n) is 4.48. The van der Waals surface area contributed by atoms with Crippen LogP contribution in [0.15, 0.2) is 42.0 Å². The fourth-order valence-electron chi connectivity index (χ4n) is 1.19. The molecule has 1 aromatic carbocycles. The molecule has 0 saturated heterocycles. The molecule has 0 unspecified atom stereocenters. The molecule has 0 radical (unpaired) electrons. The number of carboxylic acids is 1. The molecule has 0 spiro atoms. The van der Waals surface area contributed by atoms with Crippen LogP contribution in [-0.4, -0.2) is 32.2 Å². The number of hydrogen-bond acceptors (Lipinski definition) is 4. The summed E-state index contributed by atoms with van der Waals surface area (Å²) in [5.41, 5.74) is 0.739. The van der Waals surface area contributed by atoms with Gasteiger partial charge in [0, 0.05) is 5.56 Å². The predicted octanol–water partition coefficient (Wildman–Crippen LogP) is 0.858. The second kappa shape index (κ2) is 4.35. The van der Waals surface area contributed by atoms with Crippen LogP contribution in [0.4, 0.5) is 0 Å². The molecule has 0 aliphatic rings. The minimum Gasteiger partial charge on any atom is -0.478 e. The molecule has 0 atom stereocenters. The van der Waals surface area contributed by atoms with Gasteiger partial charge in [0.15, 0.2) is 0 Å². The first kappa shape index (κ1) is 10.0. The summed E-state index contributed by atoms with van der Waals surface area (Å²) in [5, 5.41) is 20.1. The molecule has 2 aromatic rings. The van der Waals surface area contributed by atoms with Gasteiger partial charge in [0.25, 0.3) is 0 Å². The van der Waals surface area contributed by atoms with Crippen LogP contribution < -0.4 is 0 Å². The summed E-state index contributed by atoms with van der Waals surface area (Å²) < 4.78 is 1.39. The zero-order chi connectivity index (χ0) is 11.4. The zero-order valence-corrected chi connectivity index (χ0v) is 8.19. The summed E-state index contributed by atoms with van der Waals surface area (Å²) in [6, 6.07) is 6.62. The third-order valence-electron chi connectivity index (χ3n) is 1.93. The third kappa shape index (κ3) is 2.11. The maximum Gasteiger partial charge on any atom is 0.336 e. The van der Waals surface area contributed by atoms with Crippen molar-refractivity contribution in [3.8, 4) is 0 Å². The van der Waals surface area contributed by atoms with E-state index in [4.69, 9.17) is 5.11 Å². The van der Waals surface area contributed by atoms with Gasteiger partial charge in [-0.1, -0.05) is 18.2 Å². The quantitative estimate of drug-likeness (QED) is 0.771. The number of aromatic carboxylic acids is 1. The Morgan fingerprint density at radius 3 is 2.69 bits per heavy atom. The molecule has 0 bridgehead atoms. The summed E-state index contributed by atoms with van der Waals surface area (Å²) in [4.78, 5) is 10.9. The lowest BCUT2D eigenvalue weighted by Gasteiger charge is -1.98. The number of rotatable bonds is 3. The maximum absolute atomic E-state index is 10.9. The van der Waals surface area contributed by atoms with Crippen LogP contribution in [-0.2, 0) is 0 Å². The molecule has 0 fully saturated rings. The van der Waals surface area contributed by atoms with Crippen molar-refractivity contribution in [2.75, 3.05) is 0 Å². The van der Waals surface area contributed by atoms with Gasteiger partial charge in [-0.2, -0.15) is 5.10 Å². The number of carbonyl (C=O) groups is 1. The Balaban J connectivity index is 2.31. The normalized spacial score (nSPS) is 10.8. The van der Waals surface area contributed by atoms with E-state index in [9.17, 15) is 4.79 Å². The minimum atomic E-state index is -0.981. The number of nitrogens with zero attached hydrogens (tertiary/aromatic N) is 4. The fourth-order valence-corrected chi connectivity index (χ4v) is 1.19. The lowest BCUT2D eigenvalue weighted by atomic mass is 10.1. The van der Waals surface area contributed by atoms with Gasteiger partial charge in [-0.3, -0.25) is 0 Å². The SMILES string of the molecule is O=C(O)c1ccccc1C=Nn1cnnc1. The Bertz CT molecular complexity index is 519. The lowest BCUT2D eigenvalue weighted by Crippen LogP contribution is -2.01. The van der Waals surface area contributed by atoms with E-state index in [1.54, 1.807) is 18.2 Å². The third-order valence-corrected chi connectivity index (χ3v) is 1.93. The highest BCUT2D eigenvalue weighted by Crippen LogP contribution is 2.05. The molecule has 6 heteroatoms. The number of carboxylic acid groups (broad SMARTS) is 1. The van der Waals surface area contributed by atoms with Gasteiger partial charge in [0.2, 0.25) is 0 Å². The summed E-state index contributed by atoms with van der Waals surface area (Å²) >= 11 is 0. The van der Waals surface area contributed by atoms with Crippen LogP contribution in [0.1, 0.15) is 15.9 Å². The molecule has 0 amide bonds. The van der Waals surface area contributed by atoms with Gasteiger partial charge >= 0.3 is 5.97 Å². The standard InChI is InChI=1S/C10H8N4O2/c15-10(16)9-4-2-1-3-8(9)5-13-14-6-11-12-7-14/h1-7H,(H,15,16). The van der Waals surface area contributed by atoms with E-state index in [-0.39, 0.29) is 5.56 Å². The number of hydrogen-bond donors (Lipinski definition) is 1. The molecule has 80 valence electrons. The number of aromatic nitrogens is 3. The molecule has 2 rings (SSSR count). The Labute approximate surface area is 90.9 Å². The highest BCUT2D eigenvalue weighted by Gasteiger charge is 2.06. The van der Waals surface area contributed by atoms with E-state index in [1.165, 1.54) is 29.6 Å². The molecule has 1 N–H and O–H groups in total. The minimum absolute atomic E-state index is 0.208. The smallest absolute Gasteiger partial charge is 0.336 e. The Kier molecular flexibility index (Phi) is 2.73. The zero-order valence-electron chi connectivity index (χ0n) is 8.19. The van der Waals surface area contributed by atoms with Crippen molar-refractivity contribution in [2.45, 2.75) is 0 Å². The Morgan fingerprint density at radius 1 is 1.31 bits per heavy atom. The van der Waals surface area contributed by atoms with Gasteiger partial charge in [-0.15, -0.1) is 10.2 Å². The van der Waals surface area contributed by atoms with E-state index in [1.807, 2.05) is 0 Å². The lowest BCUT2D eigenvalue weighted by molar-refractivity contribution is 0.0697. The van der Waals surface area contributed by atoms with E-state index in [0.717, 1.165) is 0 Å². The van der Waals surface area contributed by atoms with Gasteiger partial charge in [-0.25, -0.2) is 9.47 Å². The highest BCUT2D eigenvalue weighted by molar-refractivity contribution is 5.98. The van der Waals surface area contributed by atoms with Crippen LogP contribution in [0.3, 0.4) is 0 Å². The van der Waals surface area contributed by atoms with Crippen molar-refractivity contribution in [1.29, 1.82) is 0 Å². The summed E-state index contributed by atoms with van der Waals surface area (Å²) in [5.74, 6) is -0.981. The van der Waals surface area contributed by atoms with Crippen LogP contribution in [0, 0.1) is 0 Å². The Morgan fingerprint density at radius 2 is 2.00 bits per heavy atom. The van der Waals surface area contributed by atoms with Crippen molar-refractivity contribution in [2.24, 2.45) is 5.10 Å². The Hall–Kier alpha value is -2.50. The van der Waals surface area contributed by atoms with Crippen molar-refractivity contribution in [1.82, 2.24) is 14.9 Å². The molecule has 0 aliphatic heterocycles. The highest BCUT2D eigenvalue weighted by atomic mass is 16.4. The van der Waals surface area contributed by atoms with Gasteiger partial charge in [0.05, 0.1) is 11.8 Å². The van der Waals surface area contributed by atoms with E-state index in [2.05, 4.69) is 15.3 Å². The summed E-state index contributed by atoms with van der Waals surface area (Å²) in [6.07, 6.45) is 4.28. The predicted molar refractivity (Wildman–Crippen MR) is 56.4 cm³/mol. The molecule has 6 nitrogen and oxygen atoms in total. The molecular formula is C10H8N4O2. The summed E-state index contributed by atoms with van der Waals surface area (Å²) in [6.45, 7) is 0. The fraction of sp³-hybridized carbons (Fsp3) is 0. The molecule has 1 aromatic heterocycles. The first-order valence-corrected chi connectivity index (χ1v) is 4.48. The number of benzene rings is 1. The van der Waals surface area contributed by atoms with Crippen LogP contribution >= 0.6 is 0 Å². The molecular weight excluding hydrogens is 208 g/mol. The average molecular weight is 216 g/mol. The molecule has 1 heterocycles. The van der Waals surface area contributed by atoms with Crippen molar-refractivity contribution in [3.63, 3.8) is 0 Å². The second-order valence-electron chi connectivity index (χ2n) is 2.98. The largest absolute Gasteiger partial charge is 0.478 e.